The van der Waals surface area contributed by atoms with Crippen LogP contribution in [0.25, 0.3) is 0 Å². The lowest BCUT2D eigenvalue weighted by atomic mass is 10.1. The summed E-state index contributed by atoms with van der Waals surface area (Å²) in [6, 6.07) is 2.53. The molecule has 0 aromatic carbocycles. The summed E-state index contributed by atoms with van der Waals surface area (Å²) in [5.74, 6) is -1.61. The van der Waals surface area contributed by atoms with Gasteiger partial charge in [-0.3, -0.25) is 9.59 Å². The number of amides is 1. The van der Waals surface area contributed by atoms with Crippen LogP contribution in [0.15, 0.2) is 29.7 Å². The van der Waals surface area contributed by atoms with Gasteiger partial charge in [-0.25, -0.2) is 4.79 Å². The molecule has 1 aromatic rings. The van der Waals surface area contributed by atoms with Gasteiger partial charge in [0.2, 0.25) is 5.91 Å². The zero-order valence-electron chi connectivity index (χ0n) is 11.2. The van der Waals surface area contributed by atoms with E-state index in [1.165, 1.54) is 11.3 Å². The van der Waals surface area contributed by atoms with Gasteiger partial charge in [-0.15, -0.1) is 11.3 Å². The molecule has 0 saturated heterocycles. The van der Waals surface area contributed by atoms with Crippen LogP contribution in [0, 0.1) is 0 Å². The first-order chi connectivity index (χ1) is 9.54. The maximum Gasteiger partial charge on any atom is 0.326 e. The molecule has 1 atom stereocenters. The Morgan fingerprint density at radius 2 is 2.15 bits per heavy atom. The summed E-state index contributed by atoms with van der Waals surface area (Å²) < 4.78 is 0. The number of aliphatic carboxylic acids is 1. The average Bonchev–Trinajstić information content (AvgIpc) is 2.94. The minimum absolute atomic E-state index is 0.00362. The van der Waals surface area contributed by atoms with Crippen molar-refractivity contribution < 1.29 is 19.5 Å². The van der Waals surface area contributed by atoms with E-state index in [0.717, 1.165) is 0 Å². The van der Waals surface area contributed by atoms with E-state index in [0.29, 0.717) is 4.88 Å². The minimum atomic E-state index is -1.08. The van der Waals surface area contributed by atoms with Crippen LogP contribution in [0.4, 0.5) is 0 Å². The molecule has 1 rings (SSSR count). The third-order valence-electron chi connectivity index (χ3n) is 2.62. The minimum Gasteiger partial charge on any atom is -0.480 e. The highest BCUT2D eigenvalue weighted by Crippen LogP contribution is 2.12. The zero-order valence-corrected chi connectivity index (χ0v) is 12.0. The molecular formula is C14H17NO4S. The van der Waals surface area contributed by atoms with Gasteiger partial charge >= 0.3 is 5.97 Å². The fourth-order valence-corrected chi connectivity index (χ4v) is 2.24. The third-order valence-corrected chi connectivity index (χ3v) is 3.53. The van der Waals surface area contributed by atoms with Crippen LogP contribution in [0.3, 0.4) is 0 Å². The number of ketones is 1. The number of Topliss-reactive ketones (excluding diaryl/α,β-unsaturated/α-hetero) is 1. The van der Waals surface area contributed by atoms with Crippen molar-refractivity contribution in [1.29, 1.82) is 0 Å². The number of carbonyl (C=O) groups is 3. The predicted octanol–water partition coefficient (Wildman–Crippen LogP) is 2.25. The molecular weight excluding hydrogens is 278 g/mol. The number of nitrogens with one attached hydrogen (secondary N) is 1. The first-order valence-electron chi connectivity index (χ1n) is 6.24. The Bertz CT molecular complexity index is 493. The fourth-order valence-electron chi connectivity index (χ4n) is 1.55. The van der Waals surface area contributed by atoms with Crippen LogP contribution in [-0.4, -0.2) is 28.8 Å². The summed E-state index contributed by atoms with van der Waals surface area (Å²) >= 11 is 1.33. The average molecular weight is 295 g/mol. The van der Waals surface area contributed by atoms with Gasteiger partial charge in [0.25, 0.3) is 0 Å². The van der Waals surface area contributed by atoms with Crippen molar-refractivity contribution in [3.8, 4) is 0 Å². The fraction of sp³-hybridized carbons (Fsp3) is 0.357. The van der Waals surface area contributed by atoms with Crippen molar-refractivity contribution in [3.63, 3.8) is 0 Å². The zero-order chi connectivity index (χ0) is 15.0. The number of carboxylic acid groups (broad SMARTS) is 1. The van der Waals surface area contributed by atoms with E-state index in [1.54, 1.807) is 36.6 Å². The highest BCUT2D eigenvalue weighted by molar-refractivity contribution is 7.12. The Morgan fingerprint density at radius 3 is 2.70 bits per heavy atom. The molecule has 0 spiro atoms. The van der Waals surface area contributed by atoms with Crippen LogP contribution in [0.5, 0.6) is 0 Å². The van der Waals surface area contributed by atoms with Crippen LogP contribution in [-0.2, 0) is 9.59 Å². The normalized spacial score (nSPS) is 12.2. The first-order valence-corrected chi connectivity index (χ1v) is 7.12. The smallest absolute Gasteiger partial charge is 0.326 e. The van der Waals surface area contributed by atoms with Gasteiger partial charge in [0.05, 0.1) is 4.88 Å². The molecule has 108 valence electrons. The predicted molar refractivity (Wildman–Crippen MR) is 76.9 cm³/mol. The molecule has 0 bridgehead atoms. The first kappa shape index (κ1) is 16.1. The maximum atomic E-state index is 11.7. The third kappa shape index (κ3) is 5.36. The summed E-state index contributed by atoms with van der Waals surface area (Å²) in [4.78, 5) is 34.9. The number of hydrogen-bond acceptors (Lipinski definition) is 4. The number of rotatable bonds is 8. The summed E-state index contributed by atoms with van der Waals surface area (Å²) in [5, 5.41) is 13.2. The van der Waals surface area contributed by atoms with Gasteiger partial charge < -0.3 is 10.4 Å². The van der Waals surface area contributed by atoms with Gasteiger partial charge in [0.1, 0.15) is 6.04 Å². The van der Waals surface area contributed by atoms with Crippen molar-refractivity contribution in [1.82, 2.24) is 5.32 Å². The van der Waals surface area contributed by atoms with Crippen molar-refractivity contribution in [2.75, 3.05) is 0 Å². The van der Waals surface area contributed by atoms with E-state index in [2.05, 4.69) is 5.32 Å². The largest absolute Gasteiger partial charge is 0.480 e. The number of carbonyl (C=O) groups excluding carboxylic acids is 2. The highest BCUT2D eigenvalue weighted by Gasteiger charge is 2.19. The second-order valence-corrected chi connectivity index (χ2v) is 5.11. The molecule has 0 saturated carbocycles. The van der Waals surface area contributed by atoms with E-state index in [1.807, 2.05) is 0 Å². The molecule has 0 radical (unpaired) electrons. The van der Waals surface area contributed by atoms with E-state index in [4.69, 9.17) is 5.11 Å². The molecule has 5 nitrogen and oxygen atoms in total. The van der Waals surface area contributed by atoms with E-state index >= 15 is 0 Å². The number of thiophene rings is 1. The summed E-state index contributed by atoms with van der Waals surface area (Å²) in [5.41, 5.74) is 0. The van der Waals surface area contributed by atoms with Crippen molar-refractivity contribution in [2.24, 2.45) is 0 Å². The lowest BCUT2D eigenvalue weighted by Gasteiger charge is -2.12. The highest BCUT2D eigenvalue weighted by atomic mass is 32.1. The Labute approximate surface area is 121 Å². The molecule has 1 aromatic heterocycles. The Kier molecular flexibility index (Phi) is 6.66. The number of hydrogen-bond donors (Lipinski definition) is 2. The quantitative estimate of drug-likeness (QED) is 0.569. The second-order valence-electron chi connectivity index (χ2n) is 4.16. The molecule has 6 heteroatoms. The van der Waals surface area contributed by atoms with Gasteiger partial charge in [0.15, 0.2) is 5.78 Å². The molecule has 0 fully saturated rings. The van der Waals surface area contributed by atoms with Crippen molar-refractivity contribution >= 4 is 29.0 Å². The van der Waals surface area contributed by atoms with Gasteiger partial charge in [-0.1, -0.05) is 18.2 Å². The SMILES string of the molecule is C/C=C/CC(NC(=O)CCC(=O)c1cccs1)C(=O)O. The van der Waals surface area contributed by atoms with Crippen molar-refractivity contribution in [3.05, 3.63) is 34.5 Å². The standard InChI is InChI=1S/C14H17NO4S/c1-2-3-5-10(14(18)19)15-13(17)8-7-11(16)12-6-4-9-20-12/h2-4,6,9-10H,5,7-8H2,1H3,(H,15,17)(H,18,19)/b3-2+. The molecule has 0 aliphatic rings. The van der Waals surface area contributed by atoms with Crippen LogP contribution < -0.4 is 5.32 Å². The maximum absolute atomic E-state index is 11.7. The molecule has 1 amide bonds. The molecule has 1 heterocycles. The Hall–Kier alpha value is -1.95. The summed E-state index contributed by atoms with van der Waals surface area (Å²) in [6.07, 6.45) is 3.72. The van der Waals surface area contributed by atoms with Gasteiger partial charge in [-0.2, -0.15) is 0 Å². The molecule has 1 unspecified atom stereocenters. The summed E-state index contributed by atoms with van der Waals surface area (Å²) in [6.45, 7) is 1.78. The lowest BCUT2D eigenvalue weighted by Crippen LogP contribution is -2.40. The van der Waals surface area contributed by atoms with Crippen molar-refractivity contribution in [2.45, 2.75) is 32.2 Å². The topological polar surface area (TPSA) is 83.5 Å². The van der Waals surface area contributed by atoms with E-state index < -0.39 is 17.9 Å². The summed E-state index contributed by atoms with van der Waals surface area (Å²) in [7, 11) is 0. The monoisotopic (exact) mass is 295 g/mol. The van der Waals surface area contributed by atoms with Crippen LogP contribution >= 0.6 is 11.3 Å². The molecule has 2 N–H and O–H groups in total. The molecule has 20 heavy (non-hydrogen) atoms. The number of carboxylic acids is 1. The van der Waals surface area contributed by atoms with Gasteiger partial charge in [-0.05, 0) is 24.8 Å². The van der Waals surface area contributed by atoms with Gasteiger partial charge in [0, 0.05) is 12.8 Å². The van der Waals surface area contributed by atoms with E-state index in [9.17, 15) is 14.4 Å². The second kappa shape index (κ2) is 8.27. The molecule has 0 aliphatic heterocycles. The lowest BCUT2D eigenvalue weighted by molar-refractivity contribution is -0.141. The van der Waals surface area contributed by atoms with E-state index in [-0.39, 0.29) is 25.0 Å². The Morgan fingerprint density at radius 1 is 1.40 bits per heavy atom. The Balaban J connectivity index is 2.42. The number of allylic oxidation sites excluding steroid dienone is 1. The van der Waals surface area contributed by atoms with Crippen LogP contribution in [0.1, 0.15) is 35.9 Å². The van der Waals surface area contributed by atoms with Crippen LogP contribution in [0.2, 0.25) is 0 Å². The molecule has 0 aliphatic carbocycles.